The third-order valence-electron chi connectivity index (χ3n) is 2.87. The van der Waals surface area contributed by atoms with Crippen LogP contribution in [0.4, 0.5) is 0 Å². The fraction of sp³-hybridized carbons (Fsp3) is 0.625. The maximum atomic E-state index is 12.0. The standard InChI is InChI=1S/C16H26N2O3/c1-10(2)6-13(19)14-11(8-17)7-12(9-18-14)15(20)21-16(3,4)5/h7,9-10,13,19H,6,8,17H2,1-5H3. The van der Waals surface area contributed by atoms with Crippen molar-refractivity contribution in [1.29, 1.82) is 0 Å². The molecule has 5 heteroatoms. The molecule has 0 aliphatic rings. The molecule has 0 radical (unpaired) electrons. The van der Waals surface area contributed by atoms with Gasteiger partial charge in [0, 0.05) is 12.7 Å². The van der Waals surface area contributed by atoms with Crippen LogP contribution in [0.1, 0.15) is 68.8 Å². The van der Waals surface area contributed by atoms with E-state index in [-0.39, 0.29) is 6.54 Å². The summed E-state index contributed by atoms with van der Waals surface area (Å²) in [5.41, 5.74) is 6.72. The maximum Gasteiger partial charge on any atom is 0.340 e. The van der Waals surface area contributed by atoms with E-state index in [4.69, 9.17) is 10.5 Å². The molecule has 1 unspecified atom stereocenters. The van der Waals surface area contributed by atoms with Crippen molar-refractivity contribution in [2.24, 2.45) is 11.7 Å². The number of carbonyl (C=O) groups is 1. The fourth-order valence-electron chi connectivity index (χ4n) is 1.99. The molecule has 0 aliphatic carbocycles. The lowest BCUT2D eigenvalue weighted by Crippen LogP contribution is -2.24. The van der Waals surface area contributed by atoms with Gasteiger partial charge in [0.2, 0.25) is 0 Å². The van der Waals surface area contributed by atoms with Gasteiger partial charge in [-0.1, -0.05) is 13.8 Å². The Labute approximate surface area is 126 Å². The number of hydrogen-bond donors (Lipinski definition) is 2. The fourth-order valence-corrected chi connectivity index (χ4v) is 1.99. The van der Waals surface area contributed by atoms with Gasteiger partial charge in [-0.15, -0.1) is 0 Å². The average Bonchev–Trinajstić information content (AvgIpc) is 2.35. The van der Waals surface area contributed by atoms with Gasteiger partial charge in [-0.05, 0) is 44.7 Å². The second-order valence-electron chi connectivity index (χ2n) is 6.62. The first-order chi connectivity index (χ1) is 9.64. The highest BCUT2D eigenvalue weighted by atomic mass is 16.6. The second-order valence-corrected chi connectivity index (χ2v) is 6.62. The van der Waals surface area contributed by atoms with E-state index in [1.54, 1.807) is 6.07 Å². The third kappa shape index (κ3) is 5.44. The van der Waals surface area contributed by atoms with Crippen LogP contribution < -0.4 is 5.73 Å². The summed E-state index contributed by atoms with van der Waals surface area (Å²) in [7, 11) is 0. The molecule has 5 nitrogen and oxygen atoms in total. The maximum absolute atomic E-state index is 12.0. The minimum absolute atomic E-state index is 0.216. The molecular weight excluding hydrogens is 268 g/mol. The Kier molecular flexibility index (Phi) is 5.87. The lowest BCUT2D eigenvalue weighted by Gasteiger charge is -2.20. The summed E-state index contributed by atoms with van der Waals surface area (Å²) >= 11 is 0. The second kappa shape index (κ2) is 7.00. The van der Waals surface area contributed by atoms with Crippen LogP contribution in [0.25, 0.3) is 0 Å². The number of pyridine rings is 1. The van der Waals surface area contributed by atoms with Crippen molar-refractivity contribution in [3.05, 3.63) is 29.1 Å². The number of nitrogens with zero attached hydrogens (tertiary/aromatic N) is 1. The predicted molar refractivity (Wildman–Crippen MR) is 81.7 cm³/mol. The summed E-state index contributed by atoms with van der Waals surface area (Å²) in [5.74, 6) is -0.0902. The lowest BCUT2D eigenvalue weighted by atomic mass is 9.99. The molecule has 0 aromatic carbocycles. The van der Waals surface area contributed by atoms with Gasteiger partial charge in [0.15, 0.2) is 0 Å². The van der Waals surface area contributed by atoms with Crippen LogP contribution in [-0.2, 0) is 11.3 Å². The number of rotatable bonds is 5. The molecule has 1 rings (SSSR count). The van der Waals surface area contributed by atoms with Crippen molar-refractivity contribution in [1.82, 2.24) is 4.98 Å². The average molecular weight is 294 g/mol. The number of nitrogens with two attached hydrogens (primary N) is 1. The molecule has 3 N–H and O–H groups in total. The number of hydrogen-bond acceptors (Lipinski definition) is 5. The topological polar surface area (TPSA) is 85.4 Å². The Morgan fingerprint density at radius 1 is 1.43 bits per heavy atom. The van der Waals surface area contributed by atoms with E-state index in [9.17, 15) is 9.90 Å². The molecule has 0 amide bonds. The highest BCUT2D eigenvalue weighted by Crippen LogP contribution is 2.23. The van der Waals surface area contributed by atoms with E-state index in [0.717, 1.165) is 0 Å². The zero-order chi connectivity index (χ0) is 16.2. The summed E-state index contributed by atoms with van der Waals surface area (Å²) in [6.07, 6.45) is 1.37. The number of ether oxygens (including phenoxy) is 1. The number of esters is 1. The molecule has 0 spiro atoms. The first-order valence-electron chi connectivity index (χ1n) is 7.24. The van der Waals surface area contributed by atoms with Gasteiger partial charge in [0.05, 0.1) is 17.4 Å². The molecule has 1 aromatic rings. The van der Waals surface area contributed by atoms with E-state index in [0.29, 0.717) is 29.2 Å². The zero-order valence-corrected chi connectivity index (χ0v) is 13.5. The zero-order valence-electron chi connectivity index (χ0n) is 13.5. The minimum Gasteiger partial charge on any atom is -0.456 e. The summed E-state index contributed by atoms with van der Waals surface area (Å²) in [6.45, 7) is 9.70. The van der Waals surface area contributed by atoms with Crippen LogP contribution >= 0.6 is 0 Å². The van der Waals surface area contributed by atoms with Gasteiger partial charge >= 0.3 is 5.97 Å². The van der Waals surface area contributed by atoms with Crippen LogP contribution in [0.2, 0.25) is 0 Å². The van der Waals surface area contributed by atoms with Crippen molar-refractivity contribution < 1.29 is 14.6 Å². The van der Waals surface area contributed by atoms with Gasteiger partial charge in [-0.3, -0.25) is 4.98 Å². The van der Waals surface area contributed by atoms with Crippen LogP contribution in [0.3, 0.4) is 0 Å². The van der Waals surface area contributed by atoms with Crippen molar-refractivity contribution in [2.45, 2.75) is 59.3 Å². The first-order valence-corrected chi connectivity index (χ1v) is 7.24. The van der Waals surface area contributed by atoms with Crippen LogP contribution in [-0.4, -0.2) is 21.7 Å². The summed E-state index contributed by atoms with van der Waals surface area (Å²) in [6, 6.07) is 1.65. The highest BCUT2D eigenvalue weighted by molar-refractivity contribution is 5.89. The minimum atomic E-state index is -0.670. The van der Waals surface area contributed by atoms with Gasteiger partial charge < -0.3 is 15.6 Å². The third-order valence-corrected chi connectivity index (χ3v) is 2.87. The number of aliphatic hydroxyl groups is 1. The lowest BCUT2D eigenvalue weighted by molar-refractivity contribution is 0.00686. The normalized spacial score (nSPS) is 13.3. The molecule has 0 fully saturated rings. The Balaban J connectivity index is 3.01. The molecule has 118 valence electrons. The quantitative estimate of drug-likeness (QED) is 0.815. The molecule has 1 aromatic heterocycles. The molecule has 0 bridgehead atoms. The van der Waals surface area contributed by atoms with Gasteiger partial charge in [0.1, 0.15) is 5.60 Å². The monoisotopic (exact) mass is 294 g/mol. The largest absolute Gasteiger partial charge is 0.456 e. The molecule has 1 heterocycles. The first kappa shape index (κ1) is 17.6. The summed E-state index contributed by atoms with van der Waals surface area (Å²) in [5, 5.41) is 10.2. The number of carbonyl (C=O) groups excluding carboxylic acids is 1. The van der Waals surface area contributed by atoms with Crippen molar-refractivity contribution in [3.63, 3.8) is 0 Å². The highest BCUT2D eigenvalue weighted by Gasteiger charge is 2.21. The number of aliphatic hydroxyl groups excluding tert-OH is 1. The van der Waals surface area contributed by atoms with Crippen molar-refractivity contribution >= 4 is 5.97 Å². The van der Waals surface area contributed by atoms with E-state index in [1.807, 2.05) is 34.6 Å². The smallest absolute Gasteiger partial charge is 0.340 e. The predicted octanol–water partition coefficient (Wildman–Crippen LogP) is 2.58. The van der Waals surface area contributed by atoms with Crippen molar-refractivity contribution in [2.75, 3.05) is 0 Å². The Hall–Kier alpha value is -1.46. The molecule has 0 saturated carbocycles. The number of aromatic nitrogens is 1. The molecule has 21 heavy (non-hydrogen) atoms. The van der Waals surface area contributed by atoms with Crippen LogP contribution in [0, 0.1) is 5.92 Å². The van der Waals surface area contributed by atoms with Crippen LogP contribution in [0.5, 0.6) is 0 Å². The Bertz CT molecular complexity index is 493. The summed E-state index contributed by atoms with van der Waals surface area (Å²) < 4.78 is 5.31. The van der Waals surface area contributed by atoms with E-state index >= 15 is 0 Å². The van der Waals surface area contributed by atoms with Gasteiger partial charge in [-0.2, -0.15) is 0 Å². The van der Waals surface area contributed by atoms with E-state index in [1.165, 1.54) is 6.20 Å². The van der Waals surface area contributed by atoms with Gasteiger partial charge in [-0.25, -0.2) is 4.79 Å². The molecule has 1 atom stereocenters. The Morgan fingerprint density at radius 2 is 2.05 bits per heavy atom. The molecule has 0 aliphatic heterocycles. The molecule has 0 saturated heterocycles. The molecular formula is C16H26N2O3. The summed E-state index contributed by atoms with van der Waals surface area (Å²) in [4.78, 5) is 16.2. The Morgan fingerprint density at radius 3 is 2.52 bits per heavy atom. The van der Waals surface area contributed by atoms with Gasteiger partial charge in [0.25, 0.3) is 0 Å². The van der Waals surface area contributed by atoms with Crippen LogP contribution in [0.15, 0.2) is 12.3 Å². The van der Waals surface area contributed by atoms with E-state index in [2.05, 4.69) is 4.98 Å². The van der Waals surface area contributed by atoms with Crippen molar-refractivity contribution in [3.8, 4) is 0 Å². The van der Waals surface area contributed by atoms with E-state index < -0.39 is 17.7 Å². The SMILES string of the molecule is CC(C)CC(O)c1ncc(C(=O)OC(C)(C)C)cc1CN.